The Morgan fingerprint density at radius 1 is 1.11 bits per heavy atom. The highest BCUT2D eigenvalue weighted by Crippen LogP contribution is 2.29. The molecule has 0 saturated heterocycles. The van der Waals surface area contributed by atoms with Crippen molar-refractivity contribution in [3.63, 3.8) is 0 Å². The van der Waals surface area contributed by atoms with Crippen molar-refractivity contribution < 1.29 is 9.84 Å². The molecule has 0 amide bonds. The van der Waals surface area contributed by atoms with Crippen LogP contribution in [0, 0.1) is 0 Å². The highest BCUT2D eigenvalue weighted by atomic mass is 35.5. The average Bonchev–Trinajstić information content (AvgIpc) is 2.39. The third-order valence-electron chi connectivity index (χ3n) is 2.97. The van der Waals surface area contributed by atoms with E-state index in [0.29, 0.717) is 16.7 Å². The third-order valence-corrected chi connectivity index (χ3v) is 3.21. The summed E-state index contributed by atoms with van der Waals surface area (Å²) < 4.78 is 5.77. The number of ether oxygens (including phenoxy) is 1. The Balaban J connectivity index is 2.23. The van der Waals surface area contributed by atoms with Crippen LogP contribution in [0.5, 0.6) is 11.5 Å². The van der Waals surface area contributed by atoms with E-state index in [9.17, 15) is 5.11 Å². The molecule has 0 spiro atoms. The Labute approximate surface area is 118 Å². The van der Waals surface area contributed by atoms with Gasteiger partial charge >= 0.3 is 0 Å². The monoisotopic (exact) mass is 276 g/mol. The summed E-state index contributed by atoms with van der Waals surface area (Å²) in [6.07, 6.45) is 0. The number of benzene rings is 2. The van der Waals surface area contributed by atoms with Gasteiger partial charge in [0, 0.05) is 10.6 Å². The summed E-state index contributed by atoms with van der Waals surface area (Å²) in [6.45, 7) is 4.23. The van der Waals surface area contributed by atoms with Gasteiger partial charge in [0.15, 0.2) is 0 Å². The maximum atomic E-state index is 9.28. The second kappa shape index (κ2) is 6.09. The second-order valence-electron chi connectivity index (χ2n) is 4.74. The van der Waals surface area contributed by atoms with E-state index in [1.807, 2.05) is 24.3 Å². The highest BCUT2D eigenvalue weighted by Gasteiger charge is 2.06. The molecule has 3 heteroatoms. The van der Waals surface area contributed by atoms with Crippen molar-refractivity contribution in [2.24, 2.45) is 0 Å². The fourth-order valence-electron chi connectivity index (χ4n) is 1.80. The predicted octanol–water partition coefficient (Wildman–Crippen LogP) is 4.75. The molecule has 0 bridgehead atoms. The Kier molecular flexibility index (Phi) is 4.46. The SMILES string of the molecule is CC(C)c1ccc(Oc2cc(Cl)ccc2CO)cc1. The molecule has 0 heterocycles. The maximum Gasteiger partial charge on any atom is 0.134 e. The normalized spacial score (nSPS) is 10.8. The quantitative estimate of drug-likeness (QED) is 0.873. The lowest BCUT2D eigenvalue weighted by Gasteiger charge is -2.11. The van der Waals surface area contributed by atoms with E-state index in [4.69, 9.17) is 16.3 Å². The molecule has 19 heavy (non-hydrogen) atoms. The molecule has 1 N–H and O–H groups in total. The minimum Gasteiger partial charge on any atom is -0.457 e. The van der Waals surface area contributed by atoms with Crippen LogP contribution in [0.2, 0.25) is 5.02 Å². The molecular weight excluding hydrogens is 260 g/mol. The Bertz CT molecular complexity index is 547. The summed E-state index contributed by atoms with van der Waals surface area (Å²) in [7, 11) is 0. The zero-order valence-corrected chi connectivity index (χ0v) is 11.8. The largest absolute Gasteiger partial charge is 0.457 e. The molecule has 0 aliphatic carbocycles. The fourth-order valence-corrected chi connectivity index (χ4v) is 1.96. The van der Waals surface area contributed by atoms with Gasteiger partial charge < -0.3 is 9.84 Å². The number of halogens is 1. The van der Waals surface area contributed by atoms with Crippen LogP contribution in [0.15, 0.2) is 42.5 Å². The Morgan fingerprint density at radius 3 is 2.37 bits per heavy atom. The Morgan fingerprint density at radius 2 is 1.79 bits per heavy atom. The van der Waals surface area contributed by atoms with Crippen molar-refractivity contribution >= 4 is 11.6 Å². The average molecular weight is 277 g/mol. The molecule has 0 aliphatic heterocycles. The number of hydrogen-bond donors (Lipinski definition) is 1. The molecule has 0 unspecified atom stereocenters. The van der Waals surface area contributed by atoms with Crippen LogP contribution < -0.4 is 4.74 Å². The van der Waals surface area contributed by atoms with Crippen molar-refractivity contribution in [1.82, 2.24) is 0 Å². The van der Waals surface area contributed by atoms with Crippen molar-refractivity contribution in [3.8, 4) is 11.5 Å². The summed E-state index contributed by atoms with van der Waals surface area (Å²) in [6, 6.07) is 13.2. The molecule has 2 rings (SSSR count). The number of aliphatic hydroxyl groups excluding tert-OH is 1. The minimum absolute atomic E-state index is 0.0728. The third kappa shape index (κ3) is 3.49. The topological polar surface area (TPSA) is 29.5 Å². The van der Waals surface area contributed by atoms with Gasteiger partial charge in [0.2, 0.25) is 0 Å². The number of hydrogen-bond acceptors (Lipinski definition) is 2. The lowest BCUT2D eigenvalue weighted by atomic mass is 10.0. The smallest absolute Gasteiger partial charge is 0.134 e. The van der Waals surface area contributed by atoms with E-state index in [0.717, 1.165) is 11.3 Å². The van der Waals surface area contributed by atoms with Crippen LogP contribution in [0.25, 0.3) is 0 Å². The van der Waals surface area contributed by atoms with Gasteiger partial charge in [0.25, 0.3) is 0 Å². The molecule has 0 fully saturated rings. The lowest BCUT2D eigenvalue weighted by Crippen LogP contribution is -1.92. The van der Waals surface area contributed by atoms with E-state index < -0.39 is 0 Å². The van der Waals surface area contributed by atoms with Crippen LogP contribution in [0.3, 0.4) is 0 Å². The van der Waals surface area contributed by atoms with Crippen LogP contribution in [0.1, 0.15) is 30.9 Å². The van der Waals surface area contributed by atoms with Crippen LogP contribution in [-0.4, -0.2) is 5.11 Å². The van der Waals surface area contributed by atoms with Gasteiger partial charge in [-0.1, -0.05) is 43.6 Å². The van der Waals surface area contributed by atoms with E-state index in [1.54, 1.807) is 18.2 Å². The summed E-state index contributed by atoms with van der Waals surface area (Å²) >= 11 is 5.95. The van der Waals surface area contributed by atoms with Gasteiger partial charge in [-0.15, -0.1) is 0 Å². The predicted molar refractivity (Wildman–Crippen MR) is 78.0 cm³/mol. The zero-order chi connectivity index (χ0) is 13.8. The number of rotatable bonds is 4. The summed E-state index contributed by atoms with van der Waals surface area (Å²) in [5.74, 6) is 1.82. The molecule has 0 aromatic heterocycles. The van der Waals surface area contributed by atoms with E-state index in [2.05, 4.69) is 13.8 Å². The van der Waals surface area contributed by atoms with E-state index in [-0.39, 0.29) is 6.61 Å². The molecule has 0 aliphatic rings. The van der Waals surface area contributed by atoms with Gasteiger partial charge in [0.05, 0.1) is 6.61 Å². The standard InChI is InChI=1S/C16H17ClO2/c1-11(2)12-4-7-15(8-5-12)19-16-9-14(17)6-3-13(16)10-18/h3-9,11,18H,10H2,1-2H3. The molecule has 100 valence electrons. The van der Waals surface area contributed by atoms with Gasteiger partial charge in [-0.05, 0) is 35.7 Å². The molecule has 0 saturated carbocycles. The fraction of sp³-hybridized carbons (Fsp3) is 0.250. The molecular formula is C16H17ClO2. The molecule has 0 radical (unpaired) electrons. The first-order chi connectivity index (χ1) is 9.10. The molecule has 0 atom stereocenters. The maximum absolute atomic E-state index is 9.28. The lowest BCUT2D eigenvalue weighted by molar-refractivity contribution is 0.276. The Hall–Kier alpha value is -1.51. The summed E-state index contributed by atoms with van der Waals surface area (Å²) in [4.78, 5) is 0. The van der Waals surface area contributed by atoms with Crippen molar-refractivity contribution in [2.45, 2.75) is 26.4 Å². The summed E-state index contributed by atoms with van der Waals surface area (Å²) in [5.41, 5.74) is 1.98. The van der Waals surface area contributed by atoms with Gasteiger partial charge in [-0.2, -0.15) is 0 Å². The molecule has 2 nitrogen and oxygen atoms in total. The van der Waals surface area contributed by atoms with Gasteiger partial charge in [-0.3, -0.25) is 0 Å². The molecule has 2 aromatic rings. The van der Waals surface area contributed by atoms with E-state index >= 15 is 0 Å². The van der Waals surface area contributed by atoms with Crippen molar-refractivity contribution in [3.05, 3.63) is 58.6 Å². The van der Waals surface area contributed by atoms with Crippen molar-refractivity contribution in [1.29, 1.82) is 0 Å². The highest BCUT2D eigenvalue weighted by molar-refractivity contribution is 6.30. The van der Waals surface area contributed by atoms with E-state index in [1.165, 1.54) is 5.56 Å². The van der Waals surface area contributed by atoms with Gasteiger partial charge in [0.1, 0.15) is 11.5 Å². The summed E-state index contributed by atoms with van der Waals surface area (Å²) in [5, 5.41) is 9.87. The second-order valence-corrected chi connectivity index (χ2v) is 5.17. The first-order valence-electron chi connectivity index (χ1n) is 6.27. The van der Waals surface area contributed by atoms with Gasteiger partial charge in [-0.25, -0.2) is 0 Å². The first-order valence-corrected chi connectivity index (χ1v) is 6.65. The van der Waals surface area contributed by atoms with Crippen LogP contribution >= 0.6 is 11.6 Å². The van der Waals surface area contributed by atoms with Crippen LogP contribution in [0.4, 0.5) is 0 Å². The first kappa shape index (κ1) is 13.9. The van der Waals surface area contributed by atoms with Crippen molar-refractivity contribution in [2.75, 3.05) is 0 Å². The zero-order valence-electron chi connectivity index (χ0n) is 11.1. The molecule has 2 aromatic carbocycles. The van der Waals surface area contributed by atoms with Crippen LogP contribution in [-0.2, 0) is 6.61 Å². The number of aliphatic hydroxyl groups is 1. The minimum atomic E-state index is -0.0728.